The van der Waals surface area contributed by atoms with Crippen molar-refractivity contribution in [2.45, 2.75) is 20.3 Å². The van der Waals surface area contributed by atoms with Crippen molar-refractivity contribution in [3.63, 3.8) is 0 Å². The van der Waals surface area contributed by atoms with Gasteiger partial charge in [0, 0.05) is 5.56 Å². The molecule has 2 aromatic carbocycles. The van der Waals surface area contributed by atoms with Gasteiger partial charge in [0.25, 0.3) is 0 Å². The van der Waals surface area contributed by atoms with Crippen LogP contribution in [0.4, 0.5) is 0 Å². The number of rotatable bonds is 7. The van der Waals surface area contributed by atoms with Gasteiger partial charge in [0.2, 0.25) is 0 Å². The van der Waals surface area contributed by atoms with E-state index in [9.17, 15) is 9.59 Å². The first kappa shape index (κ1) is 16.7. The Morgan fingerprint density at radius 3 is 2.22 bits per heavy atom. The maximum atomic E-state index is 12.0. The summed E-state index contributed by atoms with van der Waals surface area (Å²) in [4.78, 5) is 22.6. The molecule has 0 N–H and O–H groups in total. The van der Waals surface area contributed by atoms with E-state index in [1.165, 1.54) is 0 Å². The average Bonchev–Trinajstić information content (AvgIpc) is 2.60. The van der Waals surface area contributed by atoms with Crippen molar-refractivity contribution >= 4 is 12.3 Å². The van der Waals surface area contributed by atoms with Gasteiger partial charge in [0.15, 0.2) is 0 Å². The highest BCUT2D eigenvalue weighted by molar-refractivity contribution is 5.91. The van der Waals surface area contributed by atoms with E-state index < -0.39 is 5.97 Å². The van der Waals surface area contributed by atoms with Crippen LogP contribution in [0.1, 0.15) is 41.0 Å². The number of aldehydes is 1. The van der Waals surface area contributed by atoms with E-state index in [2.05, 4.69) is 13.8 Å². The van der Waals surface area contributed by atoms with E-state index in [0.717, 1.165) is 18.5 Å². The summed E-state index contributed by atoms with van der Waals surface area (Å²) in [5.41, 5.74) is 0.914. The molecule has 0 bridgehead atoms. The molecule has 0 unspecified atom stereocenters. The molecular weight excluding hydrogens is 292 g/mol. The van der Waals surface area contributed by atoms with Gasteiger partial charge in [-0.05, 0) is 42.3 Å². The van der Waals surface area contributed by atoms with Crippen LogP contribution in [-0.4, -0.2) is 18.9 Å². The van der Waals surface area contributed by atoms with Gasteiger partial charge in [-0.15, -0.1) is 0 Å². The Labute approximate surface area is 136 Å². The van der Waals surface area contributed by atoms with Crippen LogP contribution in [0.25, 0.3) is 0 Å². The van der Waals surface area contributed by atoms with E-state index in [-0.39, 0.29) is 0 Å². The lowest BCUT2D eigenvalue weighted by atomic mass is 10.1. The predicted molar refractivity (Wildman–Crippen MR) is 88.2 cm³/mol. The summed E-state index contributed by atoms with van der Waals surface area (Å²) in [5, 5.41) is 0. The fourth-order valence-electron chi connectivity index (χ4n) is 1.82. The van der Waals surface area contributed by atoms with Crippen LogP contribution >= 0.6 is 0 Å². The van der Waals surface area contributed by atoms with Crippen molar-refractivity contribution in [2.75, 3.05) is 6.61 Å². The number of esters is 1. The van der Waals surface area contributed by atoms with Gasteiger partial charge < -0.3 is 9.47 Å². The highest BCUT2D eigenvalue weighted by Crippen LogP contribution is 2.19. The molecule has 0 heterocycles. The molecule has 0 aliphatic carbocycles. The molecule has 2 rings (SSSR count). The van der Waals surface area contributed by atoms with Crippen LogP contribution in [0.5, 0.6) is 11.5 Å². The molecule has 4 nitrogen and oxygen atoms in total. The third-order valence-electron chi connectivity index (χ3n) is 3.55. The normalized spacial score (nSPS) is 11.6. The second-order valence-corrected chi connectivity index (χ2v) is 5.43. The van der Waals surface area contributed by atoms with Gasteiger partial charge in [-0.3, -0.25) is 4.79 Å². The Morgan fingerprint density at radius 2 is 1.65 bits per heavy atom. The molecule has 120 valence electrons. The van der Waals surface area contributed by atoms with Crippen LogP contribution < -0.4 is 9.47 Å². The Bertz CT molecular complexity index is 644. The monoisotopic (exact) mass is 312 g/mol. The average molecular weight is 312 g/mol. The van der Waals surface area contributed by atoms with Gasteiger partial charge in [0.1, 0.15) is 17.8 Å². The minimum absolute atomic E-state index is 0.396. The van der Waals surface area contributed by atoms with Crippen LogP contribution in [0.3, 0.4) is 0 Å². The molecule has 1 atom stereocenters. The Morgan fingerprint density at radius 1 is 1.04 bits per heavy atom. The quantitative estimate of drug-likeness (QED) is 0.438. The van der Waals surface area contributed by atoms with Gasteiger partial charge in [0.05, 0.1) is 12.2 Å². The molecule has 2 aromatic rings. The fourth-order valence-corrected chi connectivity index (χ4v) is 1.82. The zero-order valence-corrected chi connectivity index (χ0v) is 13.3. The summed E-state index contributed by atoms with van der Waals surface area (Å²) in [7, 11) is 0. The van der Waals surface area contributed by atoms with Crippen molar-refractivity contribution in [1.82, 2.24) is 0 Å². The zero-order valence-electron chi connectivity index (χ0n) is 13.3. The van der Waals surface area contributed by atoms with Crippen molar-refractivity contribution in [2.24, 2.45) is 5.92 Å². The van der Waals surface area contributed by atoms with Gasteiger partial charge in [-0.2, -0.15) is 0 Å². The summed E-state index contributed by atoms with van der Waals surface area (Å²) >= 11 is 0. The highest BCUT2D eigenvalue weighted by atomic mass is 16.5. The Kier molecular flexibility index (Phi) is 5.92. The molecule has 0 aliphatic rings. The molecule has 4 heteroatoms. The fraction of sp³-hybridized carbons (Fsp3) is 0.263. The second-order valence-electron chi connectivity index (χ2n) is 5.43. The summed E-state index contributed by atoms with van der Waals surface area (Å²) in [5.74, 6) is 1.24. The summed E-state index contributed by atoms with van der Waals surface area (Å²) < 4.78 is 10.9. The maximum Gasteiger partial charge on any atom is 0.343 e. The molecule has 0 aliphatic heterocycles. The standard InChI is InChI=1S/C19H20O4/c1-3-14(2)13-22-17-8-10-18(11-9-17)23-19(21)16-6-4-15(12-20)5-7-16/h4-12,14H,3,13H2,1-2H3/t14-/m0/s1. The first-order chi connectivity index (χ1) is 11.1. The van der Waals surface area contributed by atoms with Crippen molar-refractivity contribution < 1.29 is 19.1 Å². The third-order valence-corrected chi connectivity index (χ3v) is 3.55. The zero-order chi connectivity index (χ0) is 16.7. The molecule has 0 saturated heterocycles. The first-order valence-electron chi connectivity index (χ1n) is 7.62. The molecular formula is C19H20O4. The van der Waals surface area contributed by atoms with Crippen LogP contribution in [0.15, 0.2) is 48.5 Å². The molecule has 23 heavy (non-hydrogen) atoms. The van der Waals surface area contributed by atoms with E-state index in [1.54, 1.807) is 48.5 Å². The third kappa shape index (κ3) is 4.95. The molecule has 0 fully saturated rings. The largest absolute Gasteiger partial charge is 0.493 e. The maximum absolute atomic E-state index is 12.0. The van der Waals surface area contributed by atoms with E-state index in [4.69, 9.17) is 9.47 Å². The molecule has 0 spiro atoms. The van der Waals surface area contributed by atoms with Crippen molar-refractivity contribution in [1.29, 1.82) is 0 Å². The van der Waals surface area contributed by atoms with Crippen molar-refractivity contribution in [3.05, 3.63) is 59.7 Å². The minimum Gasteiger partial charge on any atom is -0.493 e. The predicted octanol–water partition coefficient (Wildman–Crippen LogP) is 4.14. The SMILES string of the molecule is CC[C@H](C)COc1ccc(OC(=O)c2ccc(C=O)cc2)cc1. The number of ether oxygens (including phenoxy) is 2. The molecule has 0 amide bonds. The summed E-state index contributed by atoms with van der Waals surface area (Å²) in [6.45, 7) is 4.92. The second kappa shape index (κ2) is 8.13. The lowest BCUT2D eigenvalue weighted by molar-refractivity contribution is 0.0734. The highest BCUT2D eigenvalue weighted by Gasteiger charge is 2.09. The van der Waals surface area contributed by atoms with Gasteiger partial charge in [-0.1, -0.05) is 32.4 Å². The lowest BCUT2D eigenvalue weighted by Crippen LogP contribution is -2.09. The van der Waals surface area contributed by atoms with Gasteiger partial charge >= 0.3 is 5.97 Å². The van der Waals surface area contributed by atoms with E-state index in [1.807, 2.05) is 0 Å². The van der Waals surface area contributed by atoms with E-state index >= 15 is 0 Å². The summed E-state index contributed by atoms with van der Waals surface area (Å²) in [6.07, 6.45) is 1.80. The Hall–Kier alpha value is -2.62. The topological polar surface area (TPSA) is 52.6 Å². The lowest BCUT2D eigenvalue weighted by Gasteiger charge is -2.11. The van der Waals surface area contributed by atoms with Crippen LogP contribution in [0.2, 0.25) is 0 Å². The number of carbonyl (C=O) groups excluding carboxylic acids is 2. The minimum atomic E-state index is -0.462. The smallest absolute Gasteiger partial charge is 0.343 e. The van der Waals surface area contributed by atoms with Crippen molar-refractivity contribution in [3.8, 4) is 11.5 Å². The summed E-state index contributed by atoms with van der Waals surface area (Å²) in [6, 6.07) is 13.2. The van der Waals surface area contributed by atoms with Gasteiger partial charge in [-0.25, -0.2) is 4.79 Å². The number of carbonyl (C=O) groups is 2. The molecule has 0 saturated carbocycles. The number of hydrogen-bond acceptors (Lipinski definition) is 4. The molecule has 0 radical (unpaired) electrons. The van der Waals surface area contributed by atoms with E-state index in [0.29, 0.717) is 29.4 Å². The number of hydrogen-bond donors (Lipinski definition) is 0. The molecule has 0 aromatic heterocycles. The Balaban J connectivity index is 1.94. The first-order valence-corrected chi connectivity index (χ1v) is 7.62. The van der Waals surface area contributed by atoms with Crippen LogP contribution in [0, 0.1) is 5.92 Å². The number of benzene rings is 2. The van der Waals surface area contributed by atoms with Crippen LogP contribution in [-0.2, 0) is 0 Å².